The van der Waals surface area contributed by atoms with Crippen LogP contribution in [-0.4, -0.2) is 46.2 Å². The minimum atomic E-state index is -0.181. The smallest absolute Gasteiger partial charge is 0.292 e. The number of methoxy groups -OCH3 is 1. The van der Waals surface area contributed by atoms with Crippen LogP contribution in [0.15, 0.2) is 23.0 Å². The minimum Gasteiger partial charge on any atom is -0.479 e. The fourth-order valence-corrected chi connectivity index (χ4v) is 2.69. The normalized spacial score (nSPS) is 17.3. The molecule has 7 heteroatoms. The van der Waals surface area contributed by atoms with Crippen molar-refractivity contribution < 1.29 is 14.1 Å². The quantitative estimate of drug-likeness (QED) is 0.846. The zero-order valence-corrected chi connectivity index (χ0v) is 12.2. The van der Waals surface area contributed by atoms with Gasteiger partial charge in [0, 0.05) is 39.0 Å². The molecule has 3 rings (SSSR count). The molecule has 0 saturated heterocycles. The van der Waals surface area contributed by atoms with E-state index in [-0.39, 0.29) is 11.7 Å². The van der Waals surface area contributed by atoms with E-state index in [1.807, 2.05) is 12.4 Å². The Hall–Kier alpha value is -2.31. The molecule has 2 aromatic rings. The van der Waals surface area contributed by atoms with Crippen molar-refractivity contribution in [2.24, 2.45) is 5.92 Å². The number of hydrogen-bond acceptors (Lipinski definition) is 5. The summed E-state index contributed by atoms with van der Waals surface area (Å²) >= 11 is 0. The highest BCUT2D eigenvalue weighted by Gasteiger charge is 2.24. The van der Waals surface area contributed by atoms with Gasteiger partial charge < -0.3 is 18.7 Å². The average Bonchev–Trinajstić information content (AvgIpc) is 3.14. The van der Waals surface area contributed by atoms with Gasteiger partial charge in [-0.05, 0) is 17.5 Å². The van der Waals surface area contributed by atoms with E-state index in [0.29, 0.717) is 18.3 Å². The van der Waals surface area contributed by atoms with E-state index in [2.05, 4.69) is 14.7 Å². The van der Waals surface area contributed by atoms with Gasteiger partial charge in [-0.3, -0.25) is 4.79 Å². The molecular formula is C14H18N4O3. The summed E-state index contributed by atoms with van der Waals surface area (Å²) in [5.74, 6) is 1.84. The van der Waals surface area contributed by atoms with Crippen molar-refractivity contribution in [3.05, 3.63) is 30.0 Å². The van der Waals surface area contributed by atoms with Crippen molar-refractivity contribution in [2.75, 3.05) is 20.7 Å². The van der Waals surface area contributed by atoms with Crippen LogP contribution in [-0.2, 0) is 13.0 Å². The summed E-state index contributed by atoms with van der Waals surface area (Å²) in [6, 6.07) is 1.51. The molecule has 0 N–H and O–H groups in total. The number of nitrogens with zero attached hydrogens (tertiary/aromatic N) is 4. The van der Waals surface area contributed by atoms with Gasteiger partial charge in [0.25, 0.3) is 11.8 Å². The topological polar surface area (TPSA) is 73.4 Å². The molecule has 1 amide bonds. The lowest BCUT2D eigenvalue weighted by molar-refractivity contribution is 0.0722. The van der Waals surface area contributed by atoms with Crippen molar-refractivity contribution in [3.63, 3.8) is 0 Å². The Labute approximate surface area is 122 Å². The maximum Gasteiger partial charge on any atom is 0.292 e. The Bertz CT molecular complexity index is 634. The summed E-state index contributed by atoms with van der Waals surface area (Å²) in [6.45, 7) is 1.63. The van der Waals surface area contributed by atoms with Crippen LogP contribution in [0.2, 0.25) is 0 Å². The molecule has 1 atom stereocenters. The molecule has 1 aliphatic heterocycles. The molecule has 2 aromatic heterocycles. The van der Waals surface area contributed by atoms with Crippen LogP contribution in [0.25, 0.3) is 0 Å². The Kier molecular flexibility index (Phi) is 3.64. The first-order valence-corrected chi connectivity index (χ1v) is 6.93. The van der Waals surface area contributed by atoms with Gasteiger partial charge in [-0.2, -0.15) is 0 Å². The maximum absolute atomic E-state index is 12.3. The molecule has 0 radical (unpaired) electrons. The molecule has 0 bridgehead atoms. The second-order valence-electron chi connectivity index (χ2n) is 5.31. The lowest BCUT2D eigenvalue weighted by Crippen LogP contribution is -2.34. The van der Waals surface area contributed by atoms with Crippen LogP contribution in [0, 0.1) is 5.92 Å². The lowest BCUT2D eigenvalue weighted by atomic mass is 9.97. The van der Waals surface area contributed by atoms with Gasteiger partial charge in [-0.25, -0.2) is 4.98 Å². The van der Waals surface area contributed by atoms with Gasteiger partial charge in [-0.15, -0.1) is 0 Å². The third-order valence-electron chi connectivity index (χ3n) is 3.84. The Morgan fingerprint density at radius 3 is 3.24 bits per heavy atom. The fraction of sp³-hybridized carbons (Fsp3) is 0.500. The van der Waals surface area contributed by atoms with Gasteiger partial charge in [0.15, 0.2) is 0 Å². The maximum atomic E-state index is 12.3. The van der Waals surface area contributed by atoms with Crippen molar-refractivity contribution in [2.45, 2.75) is 19.4 Å². The number of carbonyl (C=O) groups excluding carboxylic acids is 1. The monoisotopic (exact) mass is 290 g/mol. The predicted molar refractivity (Wildman–Crippen MR) is 74.1 cm³/mol. The molecule has 112 valence electrons. The summed E-state index contributed by atoms with van der Waals surface area (Å²) < 4.78 is 12.1. The third-order valence-corrected chi connectivity index (χ3v) is 3.84. The van der Waals surface area contributed by atoms with Crippen molar-refractivity contribution >= 4 is 5.91 Å². The molecular weight excluding hydrogens is 272 g/mol. The van der Waals surface area contributed by atoms with E-state index < -0.39 is 0 Å². The molecule has 0 aliphatic carbocycles. The highest BCUT2D eigenvalue weighted by atomic mass is 16.5. The van der Waals surface area contributed by atoms with Crippen LogP contribution in [0.5, 0.6) is 5.88 Å². The van der Waals surface area contributed by atoms with E-state index in [4.69, 9.17) is 9.26 Å². The SMILES string of the molecule is COc1cc(C(=O)N(C)C[C@H]2CCn3ccnc3C2)on1. The first-order valence-electron chi connectivity index (χ1n) is 6.93. The Morgan fingerprint density at radius 2 is 2.48 bits per heavy atom. The van der Waals surface area contributed by atoms with Crippen molar-refractivity contribution in [1.82, 2.24) is 19.6 Å². The molecule has 0 unspecified atom stereocenters. The third kappa shape index (κ3) is 2.76. The van der Waals surface area contributed by atoms with Gasteiger partial charge >= 0.3 is 0 Å². The Balaban J connectivity index is 1.61. The zero-order valence-electron chi connectivity index (χ0n) is 12.2. The number of aromatic nitrogens is 3. The summed E-state index contributed by atoms with van der Waals surface area (Å²) in [5, 5.41) is 3.65. The molecule has 0 aromatic carbocycles. The van der Waals surface area contributed by atoms with Gasteiger partial charge in [-0.1, -0.05) is 0 Å². The average molecular weight is 290 g/mol. The van der Waals surface area contributed by atoms with E-state index in [9.17, 15) is 4.79 Å². The summed E-state index contributed by atoms with van der Waals surface area (Å²) in [4.78, 5) is 18.3. The first kappa shape index (κ1) is 13.7. The van der Waals surface area contributed by atoms with Crippen LogP contribution in [0.3, 0.4) is 0 Å². The van der Waals surface area contributed by atoms with Crippen LogP contribution >= 0.6 is 0 Å². The molecule has 1 aliphatic rings. The molecule has 0 fully saturated rings. The lowest BCUT2D eigenvalue weighted by Gasteiger charge is -2.27. The van der Waals surface area contributed by atoms with Crippen LogP contribution in [0.1, 0.15) is 22.8 Å². The molecule has 0 spiro atoms. The van der Waals surface area contributed by atoms with Crippen molar-refractivity contribution in [1.29, 1.82) is 0 Å². The van der Waals surface area contributed by atoms with Crippen molar-refractivity contribution in [3.8, 4) is 5.88 Å². The number of ether oxygens (including phenoxy) is 1. The highest BCUT2D eigenvalue weighted by molar-refractivity contribution is 5.91. The van der Waals surface area contributed by atoms with E-state index in [0.717, 1.165) is 25.2 Å². The van der Waals surface area contributed by atoms with Crippen LogP contribution in [0.4, 0.5) is 0 Å². The predicted octanol–water partition coefficient (Wildman–Crippen LogP) is 1.21. The minimum absolute atomic E-state index is 0.181. The molecule has 21 heavy (non-hydrogen) atoms. The second kappa shape index (κ2) is 5.59. The number of carbonyl (C=O) groups is 1. The second-order valence-corrected chi connectivity index (χ2v) is 5.31. The van der Waals surface area contributed by atoms with Crippen LogP contribution < -0.4 is 4.74 Å². The fourth-order valence-electron chi connectivity index (χ4n) is 2.69. The number of rotatable bonds is 4. The van der Waals surface area contributed by atoms with Gasteiger partial charge in [0.05, 0.1) is 13.2 Å². The first-order chi connectivity index (χ1) is 10.2. The number of fused-ring (bicyclic) bond motifs is 1. The summed E-state index contributed by atoms with van der Waals surface area (Å²) in [5.41, 5.74) is 0. The van der Waals surface area contributed by atoms with Gasteiger partial charge in [0.1, 0.15) is 5.82 Å². The summed E-state index contributed by atoms with van der Waals surface area (Å²) in [7, 11) is 3.26. The van der Waals surface area contributed by atoms with Gasteiger partial charge in [0.2, 0.25) is 5.76 Å². The van der Waals surface area contributed by atoms with E-state index in [1.54, 1.807) is 11.9 Å². The molecule has 0 saturated carbocycles. The molecule has 3 heterocycles. The zero-order chi connectivity index (χ0) is 14.8. The number of imidazole rings is 1. The highest BCUT2D eigenvalue weighted by Crippen LogP contribution is 2.21. The number of amides is 1. The number of aryl methyl sites for hydroxylation is 1. The summed E-state index contributed by atoms with van der Waals surface area (Å²) in [6.07, 6.45) is 5.76. The van der Waals surface area contributed by atoms with E-state index in [1.165, 1.54) is 13.2 Å². The standard InChI is InChI=1S/C14H18N4O3/c1-17(14(19)11-8-13(20-2)16-21-11)9-10-3-5-18-6-4-15-12(18)7-10/h4,6,8,10H,3,5,7,9H2,1-2H3/t10-/m0/s1. The molecule has 7 nitrogen and oxygen atoms in total. The largest absolute Gasteiger partial charge is 0.479 e. The Morgan fingerprint density at radius 1 is 1.62 bits per heavy atom. The van der Waals surface area contributed by atoms with E-state index >= 15 is 0 Å². The number of hydrogen-bond donors (Lipinski definition) is 0.